The summed E-state index contributed by atoms with van der Waals surface area (Å²) < 4.78 is 11.1. The molecule has 1 aromatic heterocycles. The third kappa shape index (κ3) is 4.62. The van der Waals surface area contributed by atoms with E-state index in [9.17, 15) is 9.59 Å². The molecule has 0 unspecified atom stereocenters. The van der Waals surface area contributed by atoms with Crippen LogP contribution in [0, 0.1) is 0 Å². The molecule has 2 aliphatic heterocycles. The van der Waals surface area contributed by atoms with E-state index in [-0.39, 0.29) is 11.8 Å². The lowest BCUT2D eigenvalue weighted by Crippen LogP contribution is -2.37. The fraction of sp³-hybridized carbons (Fsp3) is 0.400. The number of ether oxygens (including phenoxy) is 2. The number of rotatable bonds is 6. The van der Waals surface area contributed by atoms with Crippen molar-refractivity contribution in [2.75, 3.05) is 32.1 Å². The molecule has 3 heterocycles. The average molecular weight is 419 g/mol. The van der Waals surface area contributed by atoms with Crippen molar-refractivity contribution in [1.29, 1.82) is 0 Å². The Morgan fingerprint density at radius 2 is 2.04 bits per heavy atom. The molecule has 4 rings (SSSR count). The summed E-state index contributed by atoms with van der Waals surface area (Å²) in [6.45, 7) is 2.92. The third-order valence-corrected chi connectivity index (χ3v) is 6.72. The second-order valence-corrected chi connectivity index (χ2v) is 8.68. The van der Waals surface area contributed by atoms with Gasteiger partial charge in [-0.2, -0.15) is 0 Å². The van der Waals surface area contributed by atoms with Crippen LogP contribution < -0.4 is 14.8 Å². The Morgan fingerprint density at radius 3 is 2.93 bits per heavy atom. The quantitative estimate of drug-likeness (QED) is 0.731. The Hall–Kier alpha value is -2.19. The maximum Gasteiger partial charge on any atom is 0.230 e. The van der Waals surface area contributed by atoms with Gasteiger partial charge in [-0.3, -0.25) is 9.59 Å². The number of nitrogens with zero attached hydrogens (tertiary/aromatic N) is 1. The summed E-state index contributed by atoms with van der Waals surface area (Å²) in [7, 11) is 0. The molecule has 28 heavy (non-hydrogen) atoms. The van der Waals surface area contributed by atoms with Gasteiger partial charge in [-0.15, -0.1) is 23.1 Å². The van der Waals surface area contributed by atoms with Gasteiger partial charge in [0.2, 0.25) is 11.8 Å². The number of benzene rings is 1. The number of thioether (sulfide) groups is 1. The fourth-order valence-electron chi connectivity index (χ4n) is 3.24. The summed E-state index contributed by atoms with van der Waals surface area (Å²) in [5.74, 6) is 1.78. The summed E-state index contributed by atoms with van der Waals surface area (Å²) in [5.41, 5.74) is 1.25. The van der Waals surface area contributed by atoms with Crippen LogP contribution in [0.15, 0.2) is 34.5 Å². The number of carbonyl (C=O) groups is 2. The zero-order chi connectivity index (χ0) is 19.3. The Kier molecular flexibility index (Phi) is 6.07. The Morgan fingerprint density at radius 1 is 1.18 bits per heavy atom. The van der Waals surface area contributed by atoms with Gasteiger partial charge < -0.3 is 19.7 Å². The monoisotopic (exact) mass is 418 g/mol. The largest absolute Gasteiger partial charge is 0.486 e. The zero-order valence-corrected chi connectivity index (χ0v) is 17.1. The maximum absolute atomic E-state index is 12.4. The molecule has 1 N–H and O–H groups in total. The minimum atomic E-state index is -0.0774. The van der Waals surface area contributed by atoms with Crippen molar-refractivity contribution in [2.45, 2.75) is 24.3 Å². The number of nitrogens with one attached hydrogen (secondary N) is 1. The lowest BCUT2D eigenvalue weighted by molar-refractivity contribution is -0.132. The highest BCUT2D eigenvalue weighted by molar-refractivity contribution is 8.00. The van der Waals surface area contributed by atoms with Crippen LogP contribution in [0.25, 0.3) is 0 Å². The fourth-order valence-corrected chi connectivity index (χ4v) is 4.89. The molecule has 0 bridgehead atoms. The first kappa shape index (κ1) is 19.1. The van der Waals surface area contributed by atoms with Crippen LogP contribution in [0.3, 0.4) is 0 Å². The van der Waals surface area contributed by atoms with E-state index in [0.29, 0.717) is 38.5 Å². The summed E-state index contributed by atoms with van der Waals surface area (Å²) in [6, 6.07) is 7.77. The van der Waals surface area contributed by atoms with Crippen LogP contribution in [0.5, 0.6) is 11.5 Å². The third-order valence-electron chi connectivity index (χ3n) is 4.70. The van der Waals surface area contributed by atoms with Gasteiger partial charge >= 0.3 is 0 Å². The second kappa shape index (κ2) is 8.87. The predicted octanol–water partition coefficient (Wildman–Crippen LogP) is 2.70. The minimum Gasteiger partial charge on any atom is -0.486 e. The van der Waals surface area contributed by atoms with E-state index >= 15 is 0 Å². The lowest BCUT2D eigenvalue weighted by Gasteiger charge is -2.27. The van der Waals surface area contributed by atoms with E-state index < -0.39 is 0 Å². The molecular weight excluding hydrogens is 396 g/mol. The van der Waals surface area contributed by atoms with E-state index in [1.54, 1.807) is 11.3 Å². The van der Waals surface area contributed by atoms with Crippen LogP contribution >= 0.6 is 23.1 Å². The number of carbonyl (C=O) groups excluding carboxylic acids is 2. The van der Waals surface area contributed by atoms with Crippen LogP contribution in [0.1, 0.15) is 16.9 Å². The van der Waals surface area contributed by atoms with E-state index in [1.165, 1.54) is 22.2 Å². The molecule has 0 atom stereocenters. The number of hydrogen-bond donors (Lipinski definition) is 1. The van der Waals surface area contributed by atoms with Gasteiger partial charge in [-0.05, 0) is 41.6 Å². The van der Waals surface area contributed by atoms with Crippen molar-refractivity contribution in [2.24, 2.45) is 0 Å². The lowest BCUT2D eigenvalue weighted by atomic mass is 10.1. The molecule has 1 aromatic carbocycles. The molecule has 0 spiro atoms. The first-order valence-corrected chi connectivity index (χ1v) is 11.2. The van der Waals surface area contributed by atoms with Crippen molar-refractivity contribution in [1.82, 2.24) is 10.2 Å². The van der Waals surface area contributed by atoms with E-state index in [0.717, 1.165) is 29.4 Å². The van der Waals surface area contributed by atoms with Gasteiger partial charge in [-0.1, -0.05) is 0 Å². The number of fused-ring (bicyclic) bond motifs is 2. The van der Waals surface area contributed by atoms with E-state index in [2.05, 4.69) is 16.8 Å². The van der Waals surface area contributed by atoms with Crippen molar-refractivity contribution in [3.63, 3.8) is 0 Å². The second-order valence-electron chi connectivity index (χ2n) is 6.63. The SMILES string of the molecule is O=C(CSc1ccc2c(c1)OCCO2)NCCC(=O)N1CCc2sccc2C1. The summed E-state index contributed by atoms with van der Waals surface area (Å²) in [6.07, 6.45) is 1.26. The molecule has 0 aliphatic carbocycles. The van der Waals surface area contributed by atoms with Gasteiger partial charge in [0, 0.05) is 35.8 Å². The summed E-state index contributed by atoms with van der Waals surface area (Å²) >= 11 is 3.20. The smallest absolute Gasteiger partial charge is 0.230 e. The van der Waals surface area contributed by atoms with E-state index in [4.69, 9.17) is 9.47 Å². The van der Waals surface area contributed by atoms with Crippen molar-refractivity contribution in [3.05, 3.63) is 40.1 Å². The first-order valence-electron chi connectivity index (χ1n) is 9.31. The average Bonchev–Trinajstić information content (AvgIpc) is 3.20. The molecular formula is C20H22N2O4S2. The van der Waals surface area contributed by atoms with Crippen molar-refractivity contribution >= 4 is 34.9 Å². The first-order chi connectivity index (χ1) is 13.7. The molecule has 0 radical (unpaired) electrons. The van der Waals surface area contributed by atoms with Crippen LogP contribution in [0.2, 0.25) is 0 Å². The topological polar surface area (TPSA) is 67.9 Å². The molecule has 0 saturated carbocycles. The molecule has 2 aliphatic rings. The zero-order valence-electron chi connectivity index (χ0n) is 15.4. The summed E-state index contributed by atoms with van der Waals surface area (Å²) in [5, 5.41) is 4.92. The highest BCUT2D eigenvalue weighted by Gasteiger charge is 2.21. The van der Waals surface area contributed by atoms with Crippen LogP contribution in [0.4, 0.5) is 0 Å². The number of hydrogen-bond acceptors (Lipinski definition) is 6. The van der Waals surface area contributed by atoms with Crippen molar-refractivity contribution in [3.8, 4) is 11.5 Å². The predicted molar refractivity (Wildman–Crippen MR) is 109 cm³/mol. The normalized spacial score (nSPS) is 15.1. The Bertz CT molecular complexity index is 868. The van der Waals surface area contributed by atoms with Gasteiger partial charge in [0.25, 0.3) is 0 Å². The Balaban J connectivity index is 1.17. The Labute approximate surface area is 172 Å². The van der Waals surface area contributed by atoms with Gasteiger partial charge in [0.1, 0.15) is 13.2 Å². The molecule has 0 saturated heterocycles. The summed E-state index contributed by atoms with van der Waals surface area (Å²) in [4.78, 5) is 28.7. The number of amides is 2. The molecule has 0 fully saturated rings. The minimum absolute atomic E-state index is 0.0774. The van der Waals surface area contributed by atoms with E-state index in [1.807, 2.05) is 23.1 Å². The number of thiophene rings is 1. The molecule has 6 nitrogen and oxygen atoms in total. The maximum atomic E-state index is 12.4. The highest BCUT2D eigenvalue weighted by Crippen LogP contribution is 2.34. The van der Waals surface area contributed by atoms with Gasteiger partial charge in [0.05, 0.1) is 5.75 Å². The van der Waals surface area contributed by atoms with Gasteiger partial charge in [-0.25, -0.2) is 0 Å². The van der Waals surface area contributed by atoms with Crippen LogP contribution in [-0.2, 0) is 22.6 Å². The molecule has 8 heteroatoms. The highest BCUT2D eigenvalue weighted by atomic mass is 32.2. The van der Waals surface area contributed by atoms with Gasteiger partial charge in [0.15, 0.2) is 11.5 Å². The molecule has 2 aromatic rings. The molecule has 148 valence electrons. The van der Waals surface area contributed by atoms with Crippen LogP contribution in [-0.4, -0.2) is 48.8 Å². The van der Waals surface area contributed by atoms with Crippen molar-refractivity contribution < 1.29 is 19.1 Å². The molecule has 2 amide bonds. The standard InChI is InChI=1S/C20H22N2O4S2/c23-19(13-28-15-1-2-16-17(11-15)26-9-8-25-16)21-6-3-20(24)22-7-4-18-14(12-22)5-10-27-18/h1-2,5,10-11H,3-4,6-9,12-13H2,(H,21,23).